The van der Waals surface area contributed by atoms with E-state index in [2.05, 4.69) is 31.4 Å². The summed E-state index contributed by atoms with van der Waals surface area (Å²) in [5, 5.41) is 6.25. The highest BCUT2D eigenvalue weighted by Crippen LogP contribution is 2.43. The fourth-order valence-electron chi connectivity index (χ4n) is 1.64. The number of nitrogens with one attached hydrogen (secondary N) is 2. The van der Waals surface area contributed by atoms with E-state index in [4.69, 9.17) is 0 Å². The van der Waals surface area contributed by atoms with Crippen LogP contribution in [0.4, 0.5) is 0 Å². The van der Waals surface area contributed by atoms with Crippen LogP contribution in [0.2, 0.25) is 0 Å². The highest BCUT2D eigenvalue weighted by atomic mass is 16.1. The Morgan fingerprint density at radius 2 is 1.93 bits per heavy atom. The van der Waals surface area contributed by atoms with Crippen molar-refractivity contribution in [2.45, 2.75) is 52.5 Å². The maximum atomic E-state index is 11.5. The maximum Gasteiger partial charge on any atom is 0.234 e. The van der Waals surface area contributed by atoms with Gasteiger partial charge < -0.3 is 10.6 Å². The molecule has 0 bridgehead atoms. The van der Waals surface area contributed by atoms with Crippen molar-refractivity contribution in [2.75, 3.05) is 13.1 Å². The molecule has 0 radical (unpaired) electrons. The van der Waals surface area contributed by atoms with Gasteiger partial charge in [-0.1, -0.05) is 20.8 Å². The van der Waals surface area contributed by atoms with Crippen LogP contribution in [0, 0.1) is 5.41 Å². The second-order valence-corrected chi connectivity index (χ2v) is 5.00. The van der Waals surface area contributed by atoms with Crippen molar-refractivity contribution in [1.82, 2.24) is 10.6 Å². The molecule has 1 amide bonds. The number of amides is 1. The van der Waals surface area contributed by atoms with E-state index in [1.807, 2.05) is 0 Å². The van der Waals surface area contributed by atoms with Crippen LogP contribution in [0.5, 0.6) is 0 Å². The number of carbonyl (C=O) groups excluding carboxylic acids is 1. The van der Waals surface area contributed by atoms with E-state index in [9.17, 15) is 4.79 Å². The summed E-state index contributed by atoms with van der Waals surface area (Å²) in [6.45, 7) is 7.91. The van der Waals surface area contributed by atoms with Gasteiger partial charge in [0.15, 0.2) is 0 Å². The Hall–Kier alpha value is -0.570. The highest BCUT2D eigenvalue weighted by Gasteiger charge is 2.36. The summed E-state index contributed by atoms with van der Waals surface area (Å²) in [6.07, 6.45) is 4.63. The van der Waals surface area contributed by atoms with Gasteiger partial charge in [-0.15, -0.1) is 0 Å². The second kappa shape index (κ2) is 5.50. The third-order valence-corrected chi connectivity index (χ3v) is 3.29. The first kappa shape index (κ1) is 12.5. The van der Waals surface area contributed by atoms with Gasteiger partial charge in [0.05, 0.1) is 6.54 Å². The summed E-state index contributed by atoms with van der Waals surface area (Å²) in [6, 6.07) is 0.343. The zero-order chi connectivity index (χ0) is 11.3. The molecule has 1 fully saturated rings. The molecule has 0 spiro atoms. The topological polar surface area (TPSA) is 41.1 Å². The predicted molar refractivity (Wildman–Crippen MR) is 62.7 cm³/mol. The van der Waals surface area contributed by atoms with Crippen LogP contribution >= 0.6 is 0 Å². The first-order chi connectivity index (χ1) is 7.09. The summed E-state index contributed by atoms with van der Waals surface area (Å²) in [7, 11) is 0. The summed E-state index contributed by atoms with van der Waals surface area (Å²) in [5.41, 5.74) is 0.481. The van der Waals surface area contributed by atoms with Crippen LogP contribution in [-0.4, -0.2) is 25.0 Å². The average Bonchev–Trinajstić information content (AvgIpc) is 2.93. The van der Waals surface area contributed by atoms with Gasteiger partial charge in [-0.2, -0.15) is 0 Å². The van der Waals surface area contributed by atoms with Gasteiger partial charge in [-0.25, -0.2) is 0 Å². The Bertz CT molecular complexity index is 208. The largest absolute Gasteiger partial charge is 0.352 e. The van der Waals surface area contributed by atoms with Crippen LogP contribution in [0.25, 0.3) is 0 Å². The summed E-state index contributed by atoms with van der Waals surface area (Å²) in [5.74, 6) is 0.132. The van der Waals surface area contributed by atoms with Gasteiger partial charge in [0, 0.05) is 12.6 Å². The lowest BCUT2D eigenvalue weighted by Gasteiger charge is -2.15. The molecule has 0 aromatic rings. The van der Waals surface area contributed by atoms with E-state index < -0.39 is 0 Å². The Morgan fingerprint density at radius 3 is 2.40 bits per heavy atom. The van der Waals surface area contributed by atoms with Gasteiger partial charge in [0.1, 0.15) is 0 Å². The monoisotopic (exact) mass is 212 g/mol. The number of hydrogen-bond donors (Lipinski definition) is 2. The fourth-order valence-corrected chi connectivity index (χ4v) is 1.64. The van der Waals surface area contributed by atoms with Crippen molar-refractivity contribution in [3.05, 3.63) is 0 Å². The second-order valence-electron chi connectivity index (χ2n) is 5.00. The van der Waals surface area contributed by atoms with Gasteiger partial charge in [-0.3, -0.25) is 4.79 Å². The summed E-state index contributed by atoms with van der Waals surface area (Å²) >= 11 is 0. The molecule has 0 heterocycles. The summed E-state index contributed by atoms with van der Waals surface area (Å²) in [4.78, 5) is 11.5. The van der Waals surface area contributed by atoms with Crippen molar-refractivity contribution >= 4 is 5.91 Å². The minimum Gasteiger partial charge on any atom is -0.352 e. The van der Waals surface area contributed by atoms with E-state index in [0.29, 0.717) is 18.0 Å². The fraction of sp³-hybridized carbons (Fsp3) is 0.917. The van der Waals surface area contributed by atoms with Crippen molar-refractivity contribution in [3.8, 4) is 0 Å². The highest BCUT2D eigenvalue weighted by molar-refractivity contribution is 5.78. The molecule has 0 unspecified atom stereocenters. The molecule has 0 atom stereocenters. The normalized spacial score (nSPS) is 17.9. The molecule has 2 N–H and O–H groups in total. The lowest BCUT2D eigenvalue weighted by molar-refractivity contribution is -0.121. The van der Waals surface area contributed by atoms with E-state index in [1.54, 1.807) is 0 Å². The van der Waals surface area contributed by atoms with Crippen molar-refractivity contribution in [1.29, 1.82) is 0 Å². The lowest BCUT2D eigenvalue weighted by atomic mass is 10.1. The lowest BCUT2D eigenvalue weighted by Crippen LogP contribution is -2.40. The number of rotatable bonds is 7. The zero-order valence-electron chi connectivity index (χ0n) is 10.2. The Balaban J connectivity index is 2.07. The van der Waals surface area contributed by atoms with Gasteiger partial charge >= 0.3 is 0 Å². The molecule has 0 saturated heterocycles. The third kappa shape index (κ3) is 4.65. The van der Waals surface area contributed by atoms with Gasteiger partial charge in [0.25, 0.3) is 0 Å². The van der Waals surface area contributed by atoms with E-state index >= 15 is 0 Å². The third-order valence-electron chi connectivity index (χ3n) is 3.29. The Morgan fingerprint density at radius 1 is 1.33 bits per heavy atom. The molecule has 0 aromatic heterocycles. The molecule has 1 rings (SSSR count). The maximum absolute atomic E-state index is 11.5. The smallest absolute Gasteiger partial charge is 0.234 e. The minimum atomic E-state index is 0.132. The number of hydrogen-bond acceptors (Lipinski definition) is 2. The quantitative estimate of drug-likeness (QED) is 0.674. The molecular weight excluding hydrogens is 188 g/mol. The molecule has 15 heavy (non-hydrogen) atoms. The van der Waals surface area contributed by atoms with Gasteiger partial charge in [-0.05, 0) is 31.1 Å². The molecule has 0 aliphatic heterocycles. The van der Waals surface area contributed by atoms with Crippen molar-refractivity contribution < 1.29 is 4.79 Å². The standard InChI is InChI=1S/C12H24N2O/c1-4-10(5-2)14-11(15)8-13-9-12(3)6-7-12/h10,13H,4-9H2,1-3H3,(H,14,15). The first-order valence-electron chi connectivity index (χ1n) is 6.09. The number of carbonyl (C=O) groups is 1. The SMILES string of the molecule is CCC(CC)NC(=O)CNCC1(C)CC1. The molecule has 3 nitrogen and oxygen atoms in total. The average molecular weight is 212 g/mol. The van der Waals surface area contributed by atoms with Crippen molar-refractivity contribution in [3.63, 3.8) is 0 Å². The molecule has 88 valence electrons. The zero-order valence-corrected chi connectivity index (χ0v) is 10.2. The molecule has 0 aromatic carbocycles. The van der Waals surface area contributed by atoms with Crippen LogP contribution in [0.3, 0.4) is 0 Å². The molecule has 1 aliphatic rings. The Kier molecular flexibility index (Phi) is 4.58. The van der Waals surface area contributed by atoms with Crippen LogP contribution in [0.15, 0.2) is 0 Å². The molecule has 1 saturated carbocycles. The van der Waals surface area contributed by atoms with E-state index in [0.717, 1.165) is 19.4 Å². The minimum absolute atomic E-state index is 0.132. The molecular formula is C12H24N2O. The van der Waals surface area contributed by atoms with E-state index in [1.165, 1.54) is 12.8 Å². The van der Waals surface area contributed by atoms with E-state index in [-0.39, 0.29) is 5.91 Å². The van der Waals surface area contributed by atoms with Crippen LogP contribution in [0.1, 0.15) is 46.5 Å². The van der Waals surface area contributed by atoms with Crippen molar-refractivity contribution in [2.24, 2.45) is 5.41 Å². The Labute approximate surface area is 93.0 Å². The molecule has 1 aliphatic carbocycles. The summed E-state index contributed by atoms with van der Waals surface area (Å²) < 4.78 is 0. The van der Waals surface area contributed by atoms with Gasteiger partial charge in [0.2, 0.25) is 5.91 Å². The molecule has 3 heteroatoms. The predicted octanol–water partition coefficient (Wildman–Crippen LogP) is 1.68. The van der Waals surface area contributed by atoms with Crippen LogP contribution < -0.4 is 10.6 Å². The first-order valence-corrected chi connectivity index (χ1v) is 6.09. The van der Waals surface area contributed by atoms with Crippen LogP contribution in [-0.2, 0) is 4.79 Å².